The molecule has 0 radical (unpaired) electrons. The monoisotopic (exact) mass is 116 g/mol. The zero-order valence-corrected chi connectivity index (χ0v) is 4.68. The van der Waals surface area contributed by atoms with E-state index in [1.165, 1.54) is 0 Å². The molecule has 0 aromatic heterocycles. The summed E-state index contributed by atoms with van der Waals surface area (Å²) in [6, 6.07) is 0. The van der Waals surface area contributed by atoms with Crippen molar-refractivity contribution < 1.29 is 9.30 Å². The van der Waals surface area contributed by atoms with E-state index in [-0.39, 0.29) is 5.60 Å². The van der Waals surface area contributed by atoms with Crippen molar-refractivity contribution in [2.24, 2.45) is 0 Å². The molecule has 0 aromatic rings. The maximum Gasteiger partial charge on any atom is 0.112 e. The Kier molecular flexibility index (Phi) is 0.263. The van der Waals surface area contributed by atoms with Crippen LogP contribution in [0.15, 0.2) is 0 Å². The van der Waals surface area contributed by atoms with Crippen molar-refractivity contribution in [2.75, 3.05) is 6.61 Å². The van der Waals surface area contributed by atoms with Crippen LogP contribution in [0.25, 0.3) is 0 Å². The lowest BCUT2D eigenvalue weighted by Crippen LogP contribution is -1.94. The average molecular weight is 116 g/mol. The second-order valence-electron chi connectivity index (χ2n) is 2.60. The Hall–Kier alpha value is 0.190. The van der Waals surface area contributed by atoms with Crippen LogP contribution < -0.4 is 0 Å². The Morgan fingerprint density at radius 3 is 2.43 bits per heavy atom. The van der Waals surface area contributed by atoms with Crippen molar-refractivity contribution in [1.82, 2.24) is 0 Å². The third kappa shape index (κ3) is 0.171. The first-order valence-corrected chi connectivity index (χ1v) is 4.10. The standard InChI is InChI=1S/C4H5O2P/c5-7-2-3(7)4(2)1-6-4/h2-3,7H,1H2. The highest BCUT2D eigenvalue weighted by Crippen LogP contribution is 2.86. The van der Waals surface area contributed by atoms with Gasteiger partial charge in [0.2, 0.25) is 0 Å². The van der Waals surface area contributed by atoms with Gasteiger partial charge in [0.25, 0.3) is 0 Å². The van der Waals surface area contributed by atoms with E-state index in [1.54, 1.807) is 0 Å². The Morgan fingerprint density at radius 2 is 2.29 bits per heavy atom. The van der Waals surface area contributed by atoms with Crippen LogP contribution in [0.1, 0.15) is 0 Å². The molecular weight excluding hydrogens is 111 g/mol. The van der Waals surface area contributed by atoms with E-state index in [2.05, 4.69) is 0 Å². The lowest BCUT2D eigenvalue weighted by Gasteiger charge is -1.85. The first kappa shape index (κ1) is 3.26. The van der Waals surface area contributed by atoms with Gasteiger partial charge in [-0.3, -0.25) is 0 Å². The van der Waals surface area contributed by atoms with Crippen molar-refractivity contribution in [3.8, 4) is 0 Å². The van der Waals surface area contributed by atoms with Crippen LogP contribution in [-0.4, -0.2) is 23.5 Å². The van der Waals surface area contributed by atoms with Crippen molar-refractivity contribution in [3.05, 3.63) is 0 Å². The Bertz CT molecular complexity index is 159. The van der Waals surface area contributed by atoms with Crippen LogP contribution in [0.5, 0.6) is 0 Å². The molecule has 2 atom stereocenters. The molecule has 1 spiro atoms. The Balaban J connectivity index is 2.08. The van der Waals surface area contributed by atoms with Gasteiger partial charge in [-0.2, -0.15) is 0 Å². The number of hydrogen-bond donors (Lipinski definition) is 0. The molecule has 0 N–H and O–H groups in total. The summed E-state index contributed by atoms with van der Waals surface area (Å²) in [7, 11) is -1.03. The van der Waals surface area contributed by atoms with Gasteiger partial charge in [-0.25, -0.2) is 0 Å². The van der Waals surface area contributed by atoms with Gasteiger partial charge in [0.1, 0.15) is 5.60 Å². The van der Waals surface area contributed by atoms with E-state index < -0.39 is 7.80 Å². The highest BCUT2D eigenvalue weighted by molar-refractivity contribution is 7.58. The Morgan fingerprint density at radius 1 is 1.71 bits per heavy atom. The molecule has 0 bridgehead atoms. The predicted octanol–water partition coefficient (Wildman–Crippen LogP) is 0.0795. The minimum Gasteiger partial charge on any atom is -0.368 e. The third-order valence-corrected chi connectivity index (χ3v) is 4.74. The summed E-state index contributed by atoms with van der Waals surface area (Å²) in [5, 5.41) is 0. The van der Waals surface area contributed by atoms with Gasteiger partial charge in [-0.05, 0) is 0 Å². The van der Waals surface area contributed by atoms with Gasteiger partial charge in [0, 0.05) is 0 Å². The molecule has 3 rings (SSSR count). The van der Waals surface area contributed by atoms with E-state index in [1.807, 2.05) is 0 Å². The maximum absolute atomic E-state index is 10.5. The molecule has 1 aliphatic carbocycles. The molecule has 3 aliphatic rings. The summed E-state index contributed by atoms with van der Waals surface area (Å²) in [6.45, 7) is 0.915. The lowest BCUT2D eigenvalue weighted by molar-refractivity contribution is 0.392. The second-order valence-corrected chi connectivity index (χ2v) is 4.65. The lowest BCUT2D eigenvalue weighted by atomic mass is 10.5. The molecule has 3 heteroatoms. The van der Waals surface area contributed by atoms with E-state index in [9.17, 15) is 4.57 Å². The van der Waals surface area contributed by atoms with Crippen molar-refractivity contribution in [3.63, 3.8) is 0 Å². The number of hydrogen-bond acceptors (Lipinski definition) is 2. The summed E-state index contributed by atoms with van der Waals surface area (Å²) >= 11 is 0. The predicted molar refractivity (Wildman–Crippen MR) is 25.3 cm³/mol. The highest BCUT2D eigenvalue weighted by Gasteiger charge is 2.91. The van der Waals surface area contributed by atoms with Crippen LogP contribution in [0, 0.1) is 0 Å². The fourth-order valence-corrected chi connectivity index (χ4v) is 3.92. The van der Waals surface area contributed by atoms with Crippen LogP contribution in [0.4, 0.5) is 0 Å². The fraction of sp³-hybridized carbons (Fsp3) is 1.00. The SMILES string of the molecule is O=[PH]1C2C1C21CO1. The molecular formula is C4H5O2P. The van der Waals surface area contributed by atoms with Crippen LogP contribution in [0.2, 0.25) is 0 Å². The molecule has 0 amide bonds. The molecule has 0 aromatic carbocycles. The van der Waals surface area contributed by atoms with Gasteiger partial charge in [-0.15, -0.1) is 0 Å². The van der Waals surface area contributed by atoms with Crippen molar-refractivity contribution >= 4 is 7.80 Å². The molecule has 3 fully saturated rings. The summed E-state index contributed by atoms with van der Waals surface area (Å²) in [5.74, 6) is 0. The van der Waals surface area contributed by atoms with Crippen LogP contribution >= 0.6 is 7.80 Å². The number of ether oxygens (including phenoxy) is 1. The zero-order chi connectivity index (χ0) is 4.65. The molecule has 2 saturated heterocycles. The van der Waals surface area contributed by atoms with Gasteiger partial charge < -0.3 is 9.30 Å². The van der Waals surface area contributed by atoms with E-state index in [4.69, 9.17) is 4.74 Å². The molecule has 1 saturated carbocycles. The summed E-state index contributed by atoms with van der Waals surface area (Å²) in [5.41, 5.74) is 1.39. The van der Waals surface area contributed by atoms with Gasteiger partial charge in [0.05, 0.1) is 25.7 Å². The molecule has 2 aliphatic heterocycles. The highest BCUT2D eigenvalue weighted by atomic mass is 31.1. The molecule has 38 valence electrons. The quantitative estimate of drug-likeness (QED) is 0.331. The number of rotatable bonds is 0. The minimum absolute atomic E-state index is 0.260. The smallest absolute Gasteiger partial charge is 0.112 e. The maximum atomic E-state index is 10.5. The second kappa shape index (κ2) is 0.564. The van der Waals surface area contributed by atoms with Gasteiger partial charge in [0.15, 0.2) is 0 Å². The molecule has 2 unspecified atom stereocenters. The van der Waals surface area contributed by atoms with Gasteiger partial charge >= 0.3 is 0 Å². The molecule has 2 heterocycles. The summed E-state index contributed by atoms with van der Waals surface area (Å²) in [6.07, 6.45) is 0. The average Bonchev–Trinajstić information content (AvgIpc) is 2.30. The van der Waals surface area contributed by atoms with E-state index in [0.717, 1.165) is 6.61 Å². The Labute approximate surface area is 41.6 Å². The van der Waals surface area contributed by atoms with E-state index in [0.29, 0.717) is 11.3 Å². The van der Waals surface area contributed by atoms with Gasteiger partial charge in [-0.1, -0.05) is 0 Å². The van der Waals surface area contributed by atoms with E-state index >= 15 is 0 Å². The molecule has 7 heavy (non-hydrogen) atoms. The number of fused-ring (bicyclic) bond motifs is 3. The molecule has 2 nitrogen and oxygen atoms in total. The van der Waals surface area contributed by atoms with Crippen molar-refractivity contribution in [1.29, 1.82) is 0 Å². The normalized spacial score (nSPS) is 80.9. The van der Waals surface area contributed by atoms with Crippen LogP contribution in [-0.2, 0) is 9.30 Å². The zero-order valence-electron chi connectivity index (χ0n) is 3.68. The number of epoxide rings is 1. The first-order valence-electron chi connectivity index (χ1n) is 2.54. The first-order chi connectivity index (χ1) is 3.36. The summed E-state index contributed by atoms with van der Waals surface area (Å²) in [4.78, 5) is 0. The topological polar surface area (TPSA) is 29.6 Å². The third-order valence-electron chi connectivity index (χ3n) is 2.26. The minimum atomic E-state index is -1.03. The van der Waals surface area contributed by atoms with Crippen LogP contribution in [0.3, 0.4) is 0 Å². The fourth-order valence-electron chi connectivity index (χ4n) is 1.48. The largest absolute Gasteiger partial charge is 0.368 e. The summed E-state index contributed by atoms with van der Waals surface area (Å²) < 4.78 is 15.6. The van der Waals surface area contributed by atoms with Crippen molar-refractivity contribution in [2.45, 2.75) is 16.9 Å².